The van der Waals surface area contributed by atoms with Crippen LogP contribution in [0.2, 0.25) is 0 Å². The van der Waals surface area contributed by atoms with Crippen LogP contribution in [0.15, 0.2) is 0 Å². The van der Waals surface area contributed by atoms with Gasteiger partial charge in [0.15, 0.2) is 0 Å². The number of halogens is 1. The molecule has 0 aromatic rings. The quantitative estimate of drug-likeness (QED) is 0.600. The minimum Gasteiger partial charge on any atom is -0.244 e. The molecule has 0 aliphatic carbocycles. The van der Waals surface area contributed by atoms with Crippen molar-refractivity contribution < 1.29 is 3.89 Å². The molecule has 0 spiro atoms. The van der Waals surface area contributed by atoms with E-state index in [9.17, 15) is 3.89 Å². The normalized spacial score (nSPS) is 14.4. The van der Waals surface area contributed by atoms with E-state index in [1.165, 1.54) is 0 Å². The van der Waals surface area contributed by atoms with E-state index in [-0.39, 0.29) is 0 Å². The number of rotatable bonds is 3. The average molecular weight is 153 g/mol. The van der Waals surface area contributed by atoms with Crippen LogP contribution in [0.4, 0.5) is 3.89 Å². The molecule has 3 heteroatoms. The van der Waals surface area contributed by atoms with Crippen molar-refractivity contribution in [3.05, 3.63) is 0 Å². The molecule has 1 nitrogen and oxygen atoms in total. The van der Waals surface area contributed by atoms with Crippen LogP contribution in [0.25, 0.3) is 0 Å². The van der Waals surface area contributed by atoms with Gasteiger partial charge in [-0.15, -0.1) is 0 Å². The van der Waals surface area contributed by atoms with Crippen LogP contribution >= 0.6 is 10.6 Å². The van der Waals surface area contributed by atoms with Gasteiger partial charge in [0.25, 0.3) is 0 Å². The Bertz CT molecular complexity index is 75.6. The Morgan fingerprint density at radius 1 is 1.22 bits per heavy atom. The molecule has 0 heterocycles. The van der Waals surface area contributed by atoms with Crippen LogP contribution in [0, 0.1) is 0 Å². The van der Waals surface area contributed by atoms with E-state index >= 15 is 0 Å². The highest BCUT2D eigenvalue weighted by Gasteiger charge is 2.15. The van der Waals surface area contributed by atoms with Gasteiger partial charge in [-0.3, -0.25) is 0 Å². The van der Waals surface area contributed by atoms with E-state index < -0.39 is 10.6 Å². The van der Waals surface area contributed by atoms with Gasteiger partial charge < -0.3 is 0 Å². The highest BCUT2D eigenvalue weighted by molar-refractivity contribution is 8.26. The van der Waals surface area contributed by atoms with Gasteiger partial charge in [-0.25, -0.2) is 4.31 Å². The van der Waals surface area contributed by atoms with Crippen molar-refractivity contribution >= 4 is 10.6 Å². The van der Waals surface area contributed by atoms with Gasteiger partial charge >= 0.3 is 0 Å². The molecular weight excluding hydrogens is 137 g/mol. The van der Waals surface area contributed by atoms with Crippen molar-refractivity contribution in [2.24, 2.45) is 0 Å². The van der Waals surface area contributed by atoms with Crippen LogP contribution in [0.5, 0.6) is 0 Å². The summed E-state index contributed by atoms with van der Waals surface area (Å²) in [6.45, 7) is 5.60. The molecule has 0 fully saturated rings. The second kappa shape index (κ2) is 3.42. The maximum Gasteiger partial charge on any atom is 0.00673 e. The molecule has 0 unspecified atom stereocenters. The van der Waals surface area contributed by atoms with E-state index in [4.69, 9.17) is 0 Å². The lowest BCUT2D eigenvalue weighted by Gasteiger charge is -2.33. The molecule has 0 radical (unpaired) electrons. The van der Waals surface area contributed by atoms with Crippen molar-refractivity contribution in [2.75, 3.05) is 25.6 Å². The Labute approximate surface area is 59.0 Å². The van der Waals surface area contributed by atoms with E-state index in [1.54, 1.807) is 12.5 Å². The van der Waals surface area contributed by atoms with Crippen molar-refractivity contribution in [1.82, 2.24) is 4.31 Å². The SMILES string of the molecule is CCN(CC)S(C)(C)F. The van der Waals surface area contributed by atoms with Crippen molar-refractivity contribution in [3.8, 4) is 0 Å². The van der Waals surface area contributed by atoms with Crippen LogP contribution < -0.4 is 0 Å². The van der Waals surface area contributed by atoms with Gasteiger partial charge in [-0.1, -0.05) is 13.8 Å². The molecular formula is C6H16FNS. The van der Waals surface area contributed by atoms with Crippen LogP contribution in [0.1, 0.15) is 13.8 Å². The van der Waals surface area contributed by atoms with E-state index in [0.717, 1.165) is 13.1 Å². The first-order chi connectivity index (χ1) is 4.02. The zero-order valence-corrected chi connectivity index (χ0v) is 7.46. The monoisotopic (exact) mass is 153 g/mol. The summed E-state index contributed by atoms with van der Waals surface area (Å²) in [7, 11) is -1.93. The highest BCUT2D eigenvalue weighted by Crippen LogP contribution is 2.44. The number of hydrogen-bond donors (Lipinski definition) is 0. The maximum absolute atomic E-state index is 13.1. The maximum atomic E-state index is 13.1. The first kappa shape index (κ1) is 9.24. The van der Waals surface area contributed by atoms with Gasteiger partial charge in [0.05, 0.1) is 0 Å². The third-order valence-corrected chi connectivity index (χ3v) is 3.06. The summed E-state index contributed by atoms with van der Waals surface area (Å²) in [4.78, 5) is 0. The molecule has 0 N–H and O–H groups in total. The number of hydrogen-bond acceptors (Lipinski definition) is 1. The first-order valence-corrected chi connectivity index (χ1v) is 5.51. The summed E-state index contributed by atoms with van der Waals surface area (Å²) in [6, 6.07) is 0. The van der Waals surface area contributed by atoms with Gasteiger partial charge in [0, 0.05) is 25.6 Å². The van der Waals surface area contributed by atoms with Crippen LogP contribution in [0.3, 0.4) is 0 Å². The molecule has 0 rings (SSSR count). The second-order valence-electron chi connectivity index (χ2n) is 2.27. The lowest BCUT2D eigenvalue weighted by molar-refractivity contribution is 0.491. The molecule has 0 saturated carbocycles. The van der Waals surface area contributed by atoms with Gasteiger partial charge in [-0.05, 0) is 10.6 Å². The predicted octanol–water partition coefficient (Wildman–Crippen LogP) is 2.19. The Morgan fingerprint density at radius 2 is 1.56 bits per heavy atom. The standard InChI is InChI=1S/C6H16FNS/c1-5-8(6-2)9(3,4)7/h5-6H2,1-4H3. The van der Waals surface area contributed by atoms with Crippen LogP contribution in [-0.4, -0.2) is 29.9 Å². The summed E-state index contributed by atoms with van der Waals surface area (Å²) in [6.07, 6.45) is 3.33. The zero-order chi connectivity index (χ0) is 7.49. The summed E-state index contributed by atoms with van der Waals surface area (Å²) in [5.74, 6) is 0. The first-order valence-electron chi connectivity index (χ1n) is 3.20. The minimum absolute atomic E-state index is 0.815. The molecule has 0 aromatic carbocycles. The van der Waals surface area contributed by atoms with Gasteiger partial charge in [0.2, 0.25) is 0 Å². The summed E-state index contributed by atoms with van der Waals surface area (Å²) in [5, 5.41) is 0. The molecule has 0 aliphatic heterocycles. The second-order valence-corrected chi connectivity index (χ2v) is 5.08. The molecule has 58 valence electrons. The molecule has 0 aliphatic rings. The minimum atomic E-state index is -1.93. The van der Waals surface area contributed by atoms with Crippen molar-refractivity contribution in [2.45, 2.75) is 13.8 Å². The molecule has 0 bridgehead atoms. The van der Waals surface area contributed by atoms with Gasteiger partial charge in [-0.2, -0.15) is 3.89 Å². The largest absolute Gasteiger partial charge is 0.244 e. The molecule has 9 heavy (non-hydrogen) atoms. The Kier molecular flexibility index (Phi) is 3.51. The molecule has 0 aromatic heterocycles. The fourth-order valence-corrected chi connectivity index (χ4v) is 2.07. The lowest BCUT2D eigenvalue weighted by Crippen LogP contribution is -2.23. The third-order valence-electron chi connectivity index (χ3n) is 1.32. The van der Waals surface area contributed by atoms with E-state index in [0.29, 0.717) is 0 Å². The number of nitrogens with zero attached hydrogens (tertiary/aromatic N) is 1. The fraction of sp³-hybridized carbons (Fsp3) is 1.00. The van der Waals surface area contributed by atoms with Gasteiger partial charge in [0.1, 0.15) is 0 Å². The van der Waals surface area contributed by atoms with E-state index in [1.807, 2.05) is 18.2 Å². The lowest BCUT2D eigenvalue weighted by atomic mass is 10.7. The summed E-state index contributed by atoms with van der Waals surface area (Å²) >= 11 is 0. The van der Waals surface area contributed by atoms with Crippen molar-refractivity contribution in [1.29, 1.82) is 0 Å². The van der Waals surface area contributed by atoms with Crippen molar-refractivity contribution in [3.63, 3.8) is 0 Å². The summed E-state index contributed by atoms with van der Waals surface area (Å²) < 4.78 is 14.9. The fourth-order valence-electron chi connectivity index (χ4n) is 0.838. The molecule has 0 amide bonds. The molecule has 0 saturated heterocycles. The van der Waals surface area contributed by atoms with Crippen LogP contribution in [-0.2, 0) is 0 Å². The highest BCUT2D eigenvalue weighted by atomic mass is 32.3. The molecule has 0 atom stereocenters. The average Bonchev–Trinajstić information content (AvgIpc) is 1.65. The summed E-state index contributed by atoms with van der Waals surface area (Å²) in [5.41, 5.74) is 0. The topological polar surface area (TPSA) is 3.24 Å². The van der Waals surface area contributed by atoms with E-state index in [2.05, 4.69) is 0 Å². The smallest absolute Gasteiger partial charge is 0.00673 e. The Hall–Kier alpha value is 0.240. The Balaban J connectivity index is 3.79. The Morgan fingerprint density at radius 3 is 1.56 bits per heavy atom. The predicted molar refractivity (Wildman–Crippen MR) is 43.5 cm³/mol. The zero-order valence-electron chi connectivity index (χ0n) is 6.65. The third kappa shape index (κ3) is 3.06.